The summed E-state index contributed by atoms with van der Waals surface area (Å²) in [4.78, 5) is 0. The van der Waals surface area contributed by atoms with E-state index in [-0.39, 0.29) is 10.3 Å². The molecular formula is C5H8Cl2O. The second kappa shape index (κ2) is 4.04. The van der Waals surface area contributed by atoms with E-state index in [0.29, 0.717) is 6.42 Å². The van der Waals surface area contributed by atoms with Crippen molar-refractivity contribution >= 4 is 23.2 Å². The van der Waals surface area contributed by atoms with Crippen LogP contribution in [0.25, 0.3) is 0 Å². The van der Waals surface area contributed by atoms with Gasteiger partial charge in [-0.2, -0.15) is 0 Å². The molecule has 0 rings (SSSR count). The van der Waals surface area contributed by atoms with Crippen molar-refractivity contribution in [1.82, 2.24) is 0 Å². The van der Waals surface area contributed by atoms with Gasteiger partial charge in [-0.15, -0.1) is 0 Å². The number of hydrogen-bond acceptors (Lipinski definition) is 1. The van der Waals surface area contributed by atoms with Gasteiger partial charge in [-0.05, 0) is 6.42 Å². The van der Waals surface area contributed by atoms with Crippen molar-refractivity contribution in [1.29, 1.82) is 0 Å². The summed E-state index contributed by atoms with van der Waals surface area (Å²) in [6.45, 7) is 1.94. The first kappa shape index (κ1) is 8.12. The Morgan fingerprint density at radius 1 is 1.50 bits per heavy atom. The van der Waals surface area contributed by atoms with Gasteiger partial charge in [0.2, 0.25) is 0 Å². The van der Waals surface area contributed by atoms with E-state index in [1.807, 2.05) is 6.92 Å². The van der Waals surface area contributed by atoms with Crippen LogP contribution < -0.4 is 0 Å². The number of aliphatic hydroxyl groups excluding tert-OH is 1. The Kier molecular flexibility index (Phi) is 4.11. The summed E-state index contributed by atoms with van der Waals surface area (Å²) in [7, 11) is 0. The third kappa shape index (κ3) is 3.16. The molecule has 0 fully saturated rings. The van der Waals surface area contributed by atoms with Crippen LogP contribution >= 0.6 is 23.2 Å². The maximum atomic E-state index is 8.74. The highest BCUT2D eigenvalue weighted by Crippen LogP contribution is 2.15. The van der Waals surface area contributed by atoms with E-state index in [1.165, 1.54) is 0 Å². The second-order valence-electron chi connectivity index (χ2n) is 1.46. The Bertz CT molecular complexity index is 94.6. The minimum Gasteiger partial charge on any atom is -0.510 e. The van der Waals surface area contributed by atoms with Gasteiger partial charge in [0, 0.05) is 6.42 Å². The van der Waals surface area contributed by atoms with Crippen molar-refractivity contribution in [3.63, 3.8) is 0 Å². The fraction of sp³-hybridized carbons (Fsp3) is 0.600. The minimum atomic E-state index is -0.0214. The Morgan fingerprint density at radius 3 is 2.12 bits per heavy atom. The summed E-state index contributed by atoms with van der Waals surface area (Å²) >= 11 is 10.4. The van der Waals surface area contributed by atoms with Gasteiger partial charge in [-0.3, -0.25) is 0 Å². The van der Waals surface area contributed by atoms with Crippen LogP contribution in [0, 0.1) is 0 Å². The molecule has 0 unspecified atom stereocenters. The quantitative estimate of drug-likeness (QED) is 0.607. The molecule has 0 heterocycles. The summed E-state index contributed by atoms with van der Waals surface area (Å²) < 4.78 is -0.0214. The van der Waals surface area contributed by atoms with Gasteiger partial charge >= 0.3 is 0 Å². The first-order valence-electron chi connectivity index (χ1n) is 2.41. The molecular weight excluding hydrogens is 147 g/mol. The predicted octanol–water partition coefficient (Wildman–Crippen LogP) is 2.99. The molecule has 0 atom stereocenters. The van der Waals surface area contributed by atoms with Gasteiger partial charge in [0.25, 0.3) is 0 Å². The van der Waals surface area contributed by atoms with Gasteiger partial charge in [0.05, 0.1) is 0 Å². The van der Waals surface area contributed by atoms with E-state index >= 15 is 0 Å². The lowest BCUT2D eigenvalue weighted by Crippen LogP contribution is -1.78. The molecule has 1 nitrogen and oxygen atoms in total. The molecule has 8 heavy (non-hydrogen) atoms. The maximum absolute atomic E-state index is 8.74. The normalized spacial score (nSPS) is 8.88. The van der Waals surface area contributed by atoms with Crippen molar-refractivity contribution in [2.75, 3.05) is 0 Å². The average Bonchev–Trinajstić information content (AvgIpc) is 1.67. The zero-order chi connectivity index (χ0) is 6.57. The first-order chi connectivity index (χ1) is 3.68. The molecule has 0 spiro atoms. The Labute approximate surface area is 58.9 Å². The first-order valence-corrected chi connectivity index (χ1v) is 3.17. The van der Waals surface area contributed by atoms with Crippen LogP contribution in [0.15, 0.2) is 10.3 Å². The molecule has 3 heteroatoms. The highest BCUT2D eigenvalue weighted by Gasteiger charge is 1.95. The Balaban J connectivity index is 3.62. The van der Waals surface area contributed by atoms with Crippen LogP contribution in [-0.2, 0) is 0 Å². The van der Waals surface area contributed by atoms with Crippen molar-refractivity contribution in [2.45, 2.75) is 19.8 Å². The molecule has 0 aliphatic carbocycles. The molecule has 0 bridgehead atoms. The summed E-state index contributed by atoms with van der Waals surface area (Å²) in [5.41, 5.74) is 0. The Hall–Kier alpha value is 0.120. The number of rotatable bonds is 2. The van der Waals surface area contributed by atoms with Gasteiger partial charge in [0.15, 0.2) is 0 Å². The maximum Gasteiger partial charge on any atom is 0.144 e. The van der Waals surface area contributed by atoms with Crippen LogP contribution in [0.5, 0.6) is 0 Å². The number of hydrogen-bond donors (Lipinski definition) is 1. The lowest BCUT2D eigenvalue weighted by Gasteiger charge is -1.93. The van der Waals surface area contributed by atoms with Crippen LogP contribution in [0.3, 0.4) is 0 Å². The highest BCUT2D eigenvalue weighted by atomic mass is 35.5. The lowest BCUT2D eigenvalue weighted by atomic mass is 10.3. The smallest absolute Gasteiger partial charge is 0.144 e. The third-order valence-corrected chi connectivity index (χ3v) is 1.14. The van der Waals surface area contributed by atoms with E-state index < -0.39 is 0 Å². The fourth-order valence-corrected chi connectivity index (χ4v) is 0.520. The molecule has 0 aromatic carbocycles. The SMILES string of the molecule is CCCC(O)=C(Cl)Cl. The third-order valence-electron chi connectivity index (χ3n) is 0.705. The Morgan fingerprint density at radius 2 is 2.00 bits per heavy atom. The molecule has 0 aromatic heterocycles. The molecule has 0 amide bonds. The summed E-state index contributed by atoms with van der Waals surface area (Å²) in [5.74, 6) is 0.0795. The molecule has 0 aliphatic heterocycles. The van der Waals surface area contributed by atoms with E-state index in [4.69, 9.17) is 28.3 Å². The van der Waals surface area contributed by atoms with E-state index in [9.17, 15) is 0 Å². The number of aliphatic hydroxyl groups is 1. The molecule has 1 N–H and O–H groups in total. The molecule has 0 aliphatic rings. The molecule has 0 saturated heterocycles. The standard InChI is InChI=1S/C5H8Cl2O/c1-2-3-4(8)5(6)7/h8H,2-3H2,1H3. The summed E-state index contributed by atoms with van der Waals surface area (Å²) in [5, 5.41) is 8.74. The van der Waals surface area contributed by atoms with Crippen molar-refractivity contribution in [2.24, 2.45) is 0 Å². The average molecular weight is 155 g/mol. The van der Waals surface area contributed by atoms with Crippen molar-refractivity contribution in [3.05, 3.63) is 10.3 Å². The van der Waals surface area contributed by atoms with Gasteiger partial charge in [-0.25, -0.2) is 0 Å². The van der Waals surface area contributed by atoms with Crippen molar-refractivity contribution < 1.29 is 5.11 Å². The highest BCUT2D eigenvalue weighted by molar-refractivity contribution is 6.56. The summed E-state index contributed by atoms with van der Waals surface area (Å²) in [6, 6.07) is 0. The van der Waals surface area contributed by atoms with Crippen LogP contribution in [0.4, 0.5) is 0 Å². The summed E-state index contributed by atoms with van der Waals surface area (Å²) in [6.07, 6.45) is 1.41. The largest absolute Gasteiger partial charge is 0.510 e. The molecule has 0 aromatic rings. The zero-order valence-corrected chi connectivity index (χ0v) is 6.13. The van der Waals surface area contributed by atoms with Gasteiger partial charge in [0.1, 0.15) is 10.3 Å². The van der Waals surface area contributed by atoms with Crippen molar-refractivity contribution in [3.8, 4) is 0 Å². The van der Waals surface area contributed by atoms with Crippen LogP contribution in [0.1, 0.15) is 19.8 Å². The molecule has 0 saturated carbocycles. The van der Waals surface area contributed by atoms with Gasteiger partial charge < -0.3 is 5.11 Å². The number of halogens is 2. The molecule has 48 valence electrons. The van der Waals surface area contributed by atoms with E-state index in [0.717, 1.165) is 6.42 Å². The topological polar surface area (TPSA) is 20.2 Å². The van der Waals surface area contributed by atoms with Gasteiger partial charge in [-0.1, -0.05) is 30.1 Å². The number of allylic oxidation sites excluding steroid dienone is 1. The van der Waals surface area contributed by atoms with Crippen LogP contribution in [0.2, 0.25) is 0 Å². The van der Waals surface area contributed by atoms with E-state index in [2.05, 4.69) is 0 Å². The predicted molar refractivity (Wildman–Crippen MR) is 36.3 cm³/mol. The fourth-order valence-electron chi connectivity index (χ4n) is 0.331. The minimum absolute atomic E-state index is 0.0214. The second-order valence-corrected chi connectivity index (χ2v) is 2.41. The monoisotopic (exact) mass is 154 g/mol. The zero-order valence-electron chi connectivity index (χ0n) is 4.62. The lowest BCUT2D eigenvalue weighted by molar-refractivity contribution is 0.386. The molecule has 0 radical (unpaired) electrons. The van der Waals surface area contributed by atoms with Crippen LogP contribution in [-0.4, -0.2) is 5.11 Å². The van der Waals surface area contributed by atoms with E-state index in [1.54, 1.807) is 0 Å².